The van der Waals surface area contributed by atoms with Gasteiger partial charge in [0.25, 0.3) is 0 Å². The van der Waals surface area contributed by atoms with Gasteiger partial charge in [-0.3, -0.25) is 9.80 Å². The molecule has 1 unspecified atom stereocenters. The van der Waals surface area contributed by atoms with Gasteiger partial charge < -0.3 is 9.84 Å². The van der Waals surface area contributed by atoms with Gasteiger partial charge in [-0.05, 0) is 13.3 Å². The molecule has 0 amide bonds. The summed E-state index contributed by atoms with van der Waals surface area (Å²) in [5, 5.41) is 7.68. The molecule has 0 spiro atoms. The first-order valence-electron chi connectivity index (χ1n) is 8.98. The van der Waals surface area contributed by atoms with Crippen LogP contribution in [-0.2, 0) is 6.54 Å². The van der Waals surface area contributed by atoms with E-state index >= 15 is 0 Å². The minimum absolute atomic E-state index is 0.701. The van der Waals surface area contributed by atoms with Crippen LogP contribution in [0, 0.1) is 6.92 Å². The van der Waals surface area contributed by atoms with Crippen LogP contribution in [0.3, 0.4) is 0 Å². The summed E-state index contributed by atoms with van der Waals surface area (Å²) in [5.41, 5.74) is 3.32. The zero-order valence-electron chi connectivity index (χ0n) is 14.4. The Morgan fingerprint density at radius 3 is 2.75 bits per heavy atom. The first kappa shape index (κ1) is 15.8. The molecule has 1 aromatic heterocycles. The molecule has 2 fully saturated rings. The van der Waals surface area contributed by atoms with Gasteiger partial charge in [-0.15, -0.1) is 0 Å². The lowest BCUT2D eigenvalue weighted by Crippen LogP contribution is -2.49. The number of nitrogens with one attached hydrogen (secondary N) is 1. The summed E-state index contributed by atoms with van der Waals surface area (Å²) < 4.78 is 5.58. The fourth-order valence-corrected chi connectivity index (χ4v) is 3.77. The molecule has 0 saturated carbocycles. The second-order valence-electron chi connectivity index (χ2n) is 7.01. The maximum atomic E-state index is 5.58. The smallest absolute Gasteiger partial charge is 0.151 e. The molecule has 3 heterocycles. The van der Waals surface area contributed by atoms with E-state index in [1.807, 2.05) is 0 Å². The first-order chi connectivity index (χ1) is 11.8. The van der Waals surface area contributed by atoms with Crippen molar-refractivity contribution in [3.63, 3.8) is 0 Å². The summed E-state index contributed by atoms with van der Waals surface area (Å²) in [6.45, 7) is 9.85. The molecule has 5 heteroatoms. The standard InChI is InChI=1S/C19H26N4O/c1-15-2-4-16(5-3-15)19-12-18(24-21-19)14-22-9-6-17(13-22)23-10-7-20-8-11-23/h2-5,12,17,20H,6-11,13-14H2,1H3. The molecule has 1 aromatic carbocycles. The number of likely N-dealkylation sites (tertiary alicyclic amines) is 1. The fraction of sp³-hybridized carbons (Fsp3) is 0.526. The van der Waals surface area contributed by atoms with Crippen LogP contribution in [0.1, 0.15) is 17.7 Å². The number of hydrogen-bond acceptors (Lipinski definition) is 5. The van der Waals surface area contributed by atoms with E-state index in [2.05, 4.69) is 57.5 Å². The Morgan fingerprint density at radius 1 is 1.17 bits per heavy atom. The maximum absolute atomic E-state index is 5.58. The summed E-state index contributed by atoms with van der Waals surface area (Å²) in [6, 6.07) is 11.2. The van der Waals surface area contributed by atoms with Crippen LogP contribution in [0.15, 0.2) is 34.9 Å². The van der Waals surface area contributed by atoms with E-state index < -0.39 is 0 Å². The summed E-state index contributed by atoms with van der Waals surface area (Å²) >= 11 is 0. The predicted octanol–water partition coefficient (Wildman–Crippen LogP) is 2.13. The first-order valence-corrected chi connectivity index (χ1v) is 8.98. The molecule has 2 saturated heterocycles. The monoisotopic (exact) mass is 326 g/mol. The zero-order valence-corrected chi connectivity index (χ0v) is 14.4. The normalized spacial score (nSPS) is 23.0. The summed E-state index contributed by atoms with van der Waals surface area (Å²) in [6.07, 6.45) is 1.26. The molecule has 0 radical (unpaired) electrons. The lowest BCUT2D eigenvalue weighted by molar-refractivity contribution is 0.167. The van der Waals surface area contributed by atoms with Crippen molar-refractivity contribution in [1.29, 1.82) is 0 Å². The zero-order chi connectivity index (χ0) is 16.4. The minimum Gasteiger partial charge on any atom is -0.359 e. The molecule has 2 aliphatic rings. The maximum Gasteiger partial charge on any atom is 0.151 e. The number of piperazine rings is 1. The van der Waals surface area contributed by atoms with E-state index in [0.29, 0.717) is 6.04 Å². The number of rotatable bonds is 4. The lowest BCUT2D eigenvalue weighted by atomic mass is 10.1. The van der Waals surface area contributed by atoms with Gasteiger partial charge in [-0.2, -0.15) is 0 Å². The third kappa shape index (κ3) is 3.53. The molecule has 0 bridgehead atoms. The van der Waals surface area contributed by atoms with Gasteiger partial charge in [-0.25, -0.2) is 0 Å². The molecule has 128 valence electrons. The molecule has 24 heavy (non-hydrogen) atoms. The van der Waals surface area contributed by atoms with Crippen LogP contribution in [0.25, 0.3) is 11.3 Å². The Hall–Kier alpha value is -1.69. The molecule has 5 nitrogen and oxygen atoms in total. The van der Waals surface area contributed by atoms with Crippen molar-refractivity contribution in [2.24, 2.45) is 0 Å². The highest BCUT2D eigenvalue weighted by Crippen LogP contribution is 2.22. The number of nitrogens with zero attached hydrogens (tertiary/aromatic N) is 3. The van der Waals surface area contributed by atoms with Crippen molar-refractivity contribution in [2.45, 2.75) is 25.9 Å². The van der Waals surface area contributed by atoms with Crippen molar-refractivity contribution in [1.82, 2.24) is 20.3 Å². The van der Waals surface area contributed by atoms with Gasteiger partial charge in [0.2, 0.25) is 0 Å². The number of hydrogen-bond donors (Lipinski definition) is 1. The van der Waals surface area contributed by atoms with Crippen LogP contribution in [-0.4, -0.2) is 60.3 Å². The van der Waals surface area contributed by atoms with Gasteiger partial charge in [-0.1, -0.05) is 35.0 Å². The lowest BCUT2D eigenvalue weighted by Gasteiger charge is -2.32. The third-order valence-electron chi connectivity index (χ3n) is 5.20. The summed E-state index contributed by atoms with van der Waals surface area (Å²) in [7, 11) is 0. The van der Waals surface area contributed by atoms with Gasteiger partial charge in [0.05, 0.1) is 6.54 Å². The topological polar surface area (TPSA) is 44.5 Å². The van der Waals surface area contributed by atoms with Crippen molar-refractivity contribution in [3.8, 4) is 11.3 Å². The van der Waals surface area contributed by atoms with E-state index in [1.165, 1.54) is 25.1 Å². The second-order valence-corrected chi connectivity index (χ2v) is 7.01. The second kappa shape index (κ2) is 7.05. The largest absolute Gasteiger partial charge is 0.359 e. The van der Waals surface area contributed by atoms with Crippen LogP contribution >= 0.6 is 0 Å². The van der Waals surface area contributed by atoms with Crippen molar-refractivity contribution >= 4 is 0 Å². The van der Waals surface area contributed by atoms with Gasteiger partial charge in [0.1, 0.15) is 5.69 Å². The highest BCUT2D eigenvalue weighted by Gasteiger charge is 2.28. The highest BCUT2D eigenvalue weighted by atomic mass is 16.5. The van der Waals surface area contributed by atoms with Crippen LogP contribution in [0.4, 0.5) is 0 Å². The van der Waals surface area contributed by atoms with E-state index in [0.717, 1.165) is 49.7 Å². The van der Waals surface area contributed by atoms with Crippen LogP contribution in [0.2, 0.25) is 0 Å². The highest BCUT2D eigenvalue weighted by molar-refractivity contribution is 5.59. The number of aryl methyl sites for hydroxylation is 1. The third-order valence-corrected chi connectivity index (χ3v) is 5.20. The molecule has 0 aliphatic carbocycles. The van der Waals surface area contributed by atoms with Crippen LogP contribution in [0.5, 0.6) is 0 Å². The van der Waals surface area contributed by atoms with E-state index in [-0.39, 0.29) is 0 Å². The molecular weight excluding hydrogens is 300 g/mol. The van der Waals surface area contributed by atoms with Gasteiger partial charge in [0.15, 0.2) is 5.76 Å². The minimum atomic E-state index is 0.701. The van der Waals surface area contributed by atoms with Crippen molar-refractivity contribution in [3.05, 3.63) is 41.7 Å². The van der Waals surface area contributed by atoms with Crippen LogP contribution < -0.4 is 5.32 Å². The Balaban J connectivity index is 1.35. The predicted molar refractivity (Wildman–Crippen MR) is 94.8 cm³/mol. The number of aromatic nitrogens is 1. The average Bonchev–Trinajstić information content (AvgIpc) is 3.27. The number of benzene rings is 1. The van der Waals surface area contributed by atoms with Gasteiger partial charge >= 0.3 is 0 Å². The fourth-order valence-electron chi connectivity index (χ4n) is 3.77. The molecule has 2 aromatic rings. The molecular formula is C19H26N4O. The Labute approximate surface area is 143 Å². The van der Waals surface area contributed by atoms with Gasteiger partial charge in [0, 0.05) is 56.9 Å². The van der Waals surface area contributed by atoms with E-state index in [4.69, 9.17) is 4.52 Å². The Kier molecular flexibility index (Phi) is 4.65. The summed E-state index contributed by atoms with van der Waals surface area (Å²) in [4.78, 5) is 5.13. The molecule has 4 rings (SSSR count). The summed E-state index contributed by atoms with van der Waals surface area (Å²) in [5.74, 6) is 0.964. The SMILES string of the molecule is Cc1ccc(-c2cc(CN3CCC(N4CCNCC4)C3)on2)cc1. The molecule has 2 aliphatic heterocycles. The van der Waals surface area contributed by atoms with E-state index in [1.54, 1.807) is 0 Å². The molecule has 1 atom stereocenters. The van der Waals surface area contributed by atoms with E-state index in [9.17, 15) is 0 Å². The average molecular weight is 326 g/mol. The van der Waals surface area contributed by atoms with Crippen molar-refractivity contribution in [2.75, 3.05) is 39.3 Å². The van der Waals surface area contributed by atoms with Crippen molar-refractivity contribution < 1.29 is 4.52 Å². The quantitative estimate of drug-likeness (QED) is 0.932. The Morgan fingerprint density at radius 2 is 1.96 bits per heavy atom. The Bertz CT molecular complexity index is 660. The molecule has 1 N–H and O–H groups in total.